The summed E-state index contributed by atoms with van der Waals surface area (Å²) in [5.41, 5.74) is 0.864. The summed E-state index contributed by atoms with van der Waals surface area (Å²) in [6, 6.07) is 9.70. The minimum Gasteiger partial charge on any atom is -0.492 e. The predicted octanol–water partition coefficient (Wildman–Crippen LogP) is 2.46. The number of aromatic nitrogens is 2. The molecule has 0 saturated carbocycles. The van der Waals surface area contributed by atoms with Gasteiger partial charge in [0.15, 0.2) is 0 Å². The van der Waals surface area contributed by atoms with Crippen molar-refractivity contribution >= 4 is 17.5 Å². The topological polar surface area (TPSA) is 59.5 Å². The van der Waals surface area contributed by atoms with Crippen molar-refractivity contribution in [2.45, 2.75) is 6.92 Å². The molecule has 1 aliphatic rings. The molecule has 1 saturated heterocycles. The molecule has 0 spiro atoms. The fourth-order valence-electron chi connectivity index (χ4n) is 2.35. The van der Waals surface area contributed by atoms with Crippen LogP contribution in [0.2, 0.25) is 0 Å². The van der Waals surface area contributed by atoms with Crippen LogP contribution < -0.4 is 15.0 Å². The maximum atomic E-state index is 5.61. The van der Waals surface area contributed by atoms with Gasteiger partial charge in [-0.1, -0.05) is 12.1 Å². The van der Waals surface area contributed by atoms with Crippen molar-refractivity contribution in [2.75, 3.05) is 43.1 Å². The van der Waals surface area contributed by atoms with E-state index in [2.05, 4.69) is 20.2 Å². The highest BCUT2D eigenvalue weighted by atomic mass is 16.5. The fourth-order valence-corrected chi connectivity index (χ4v) is 2.35. The number of ether oxygens (including phenoxy) is 2. The monoisotopic (exact) mass is 300 g/mol. The van der Waals surface area contributed by atoms with Crippen molar-refractivity contribution in [3.63, 3.8) is 0 Å². The highest BCUT2D eigenvalue weighted by Crippen LogP contribution is 2.26. The fraction of sp³-hybridized carbons (Fsp3) is 0.375. The molecular formula is C16H20N4O2. The molecule has 6 nitrogen and oxygen atoms in total. The van der Waals surface area contributed by atoms with E-state index in [0.717, 1.165) is 43.6 Å². The van der Waals surface area contributed by atoms with Gasteiger partial charge in [0.1, 0.15) is 11.6 Å². The molecule has 0 aliphatic carbocycles. The highest BCUT2D eigenvalue weighted by molar-refractivity contribution is 5.63. The number of nitrogens with zero attached hydrogens (tertiary/aromatic N) is 3. The van der Waals surface area contributed by atoms with Crippen LogP contribution in [0, 0.1) is 0 Å². The van der Waals surface area contributed by atoms with Gasteiger partial charge < -0.3 is 19.7 Å². The van der Waals surface area contributed by atoms with Gasteiger partial charge in [-0.25, -0.2) is 4.98 Å². The lowest BCUT2D eigenvalue weighted by Gasteiger charge is -2.27. The molecule has 0 unspecified atom stereocenters. The molecule has 1 fully saturated rings. The van der Waals surface area contributed by atoms with E-state index in [0.29, 0.717) is 12.6 Å². The molecule has 1 aromatic carbocycles. The molecule has 6 heteroatoms. The molecule has 1 aromatic heterocycles. The van der Waals surface area contributed by atoms with E-state index in [1.165, 1.54) is 0 Å². The van der Waals surface area contributed by atoms with E-state index in [4.69, 9.17) is 9.47 Å². The molecule has 22 heavy (non-hydrogen) atoms. The van der Waals surface area contributed by atoms with Gasteiger partial charge in [0, 0.05) is 19.3 Å². The van der Waals surface area contributed by atoms with Gasteiger partial charge in [-0.2, -0.15) is 4.98 Å². The van der Waals surface area contributed by atoms with Crippen molar-refractivity contribution in [1.29, 1.82) is 0 Å². The number of morpholine rings is 1. The smallest absolute Gasteiger partial charge is 0.229 e. The predicted molar refractivity (Wildman–Crippen MR) is 86.0 cm³/mol. The Morgan fingerprint density at radius 3 is 2.86 bits per heavy atom. The van der Waals surface area contributed by atoms with Gasteiger partial charge in [0.25, 0.3) is 0 Å². The molecule has 1 N–H and O–H groups in total. The Labute approximate surface area is 130 Å². The number of para-hydroxylation sites is 2. The van der Waals surface area contributed by atoms with Crippen molar-refractivity contribution in [1.82, 2.24) is 9.97 Å². The quantitative estimate of drug-likeness (QED) is 0.915. The largest absolute Gasteiger partial charge is 0.492 e. The second kappa shape index (κ2) is 7.09. The first kappa shape index (κ1) is 14.6. The van der Waals surface area contributed by atoms with Gasteiger partial charge in [0.2, 0.25) is 5.95 Å². The van der Waals surface area contributed by atoms with Crippen molar-refractivity contribution in [2.24, 2.45) is 0 Å². The standard InChI is InChI=1S/C16H20N4O2/c1-2-22-14-6-4-3-5-13(14)18-16-17-8-7-15(19-16)20-9-11-21-12-10-20/h3-8H,2,9-12H2,1H3,(H,17,18,19). The maximum Gasteiger partial charge on any atom is 0.229 e. The molecule has 0 atom stereocenters. The zero-order valence-corrected chi connectivity index (χ0v) is 12.7. The summed E-state index contributed by atoms with van der Waals surface area (Å²) in [5, 5.41) is 3.23. The number of nitrogens with one attached hydrogen (secondary N) is 1. The zero-order valence-electron chi connectivity index (χ0n) is 12.7. The van der Waals surface area contributed by atoms with Crippen LogP contribution in [0.5, 0.6) is 5.75 Å². The summed E-state index contributed by atoms with van der Waals surface area (Å²) in [5.74, 6) is 2.27. The van der Waals surface area contributed by atoms with E-state index < -0.39 is 0 Å². The van der Waals surface area contributed by atoms with E-state index in [9.17, 15) is 0 Å². The number of anilines is 3. The number of benzene rings is 1. The van der Waals surface area contributed by atoms with E-state index in [1.807, 2.05) is 37.3 Å². The normalized spacial score (nSPS) is 14.7. The number of rotatable bonds is 5. The lowest BCUT2D eigenvalue weighted by atomic mass is 10.3. The van der Waals surface area contributed by atoms with Crippen LogP contribution in [0.25, 0.3) is 0 Å². The summed E-state index contributed by atoms with van der Waals surface area (Å²) < 4.78 is 11.0. The van der Waals surface area contributed by atoms with Gasteiger partial charge >= 0.3 is 0 Å². The van der Waals surface area contributed by atoms with Crippen LogP contribution in [-0.4, -0.2) is 42.9 Å². The summed E-state index contributed by atoms with van der Waals surface area (Å²) in [7, 11) is 0. The first-order chi connectivity index (χ1) is 10.9. The molecule has 3 rings (SSSR count). The van der Waals surface area contributed by atoms with Crippen LogP contribution in [0.4, 0.5) is 17.5 Å². The summed E-state index contributed by atoms with van der Waals surface area (Å²) in [6.07, 6.45) is 1.77. The van der Waals surface area contributed by atoms with E-state index in [1.54, 1.807) is 6.20 Å². The Morgan fingerprint density at radius 2 is 2.05 bits per heavy atom. The zero-order chi connectivity index (χ0) is 15.2. The summed E-state index contributed by atoms with van der Waals surface area (Å²) in [6.45, 7) is 5.76. The van der Waals surface area contributed by atoms with Crippen molar-refractivity contribution in [3.05, 3.63) is 36.5 Å². The molecule has 2 heterocycles. The first-order valence-corrected chi connectivity index (χ1v) is 7.51. The second-order valence-corrected chi connectivity index (χ2v) is 4.89. The van der Waals surface area contributed by atoms with Gasteiger partial charge in [-0.15, -0.1) is 0 Å². The Balaban J connectivity index is 1.78. The van der Waals surface area contributed by atoms with Crippen LogP contribution in [0.3, 0.4) is 0 Å². The van der Waals surface area contributed by atoms with Gasteiger partial charge in [0.05, 0.1) is 25.5 Å². The Hall–Kier alpha value is -2.34. The molecule has 0 radical (unpaired) electrons. The average Bonchev–Trinajstić information content (AvgIpc) is 2.58. The molecule has 116 valence electrons. The lowest BCUT2D eigenvalue weighted by molar-refractivity contribution is 0.122. The van der Waals surface area contributed by atoms with E-state index in [-0.39, 0.29) is 0 Å². The number of hydrogen-bond acceptors (Lipinski definition) is 6. The Bertz CT molecular complexity index is 615. The molecule has 0 bridgehead atoms. The summed E-state index contributed by atoms with van der Waals surface area (Å²) >= 11 is 0. The molecule has 1 aliphatic heterocycles. The average molecular weight is 300 g/mol. The Morgan fingerprint density at radius 1 is 1.23 bits per heavy atom. The highest BCUT2D eigenvalue weighted by Gasteiger charge is 2.13. The summed E-state index contributed by atoms with van der Waals surface area (Å²) in [4.78, 5) is 11.1. The molecule has 2 aromatic rings. The van der Waals surface area contributed by atoms with E-state index >= 15 is 0 Å². The molecular weight excluding hydrogens is 280 g/mol. The Kier molecular flexibility index (Phi) is 4.70. The minimum absolute atomic E-state index is 0.566. The van der Waals surface area contributed by atoms with Crippen molar-refractivity contribution in [3.8, 4) is 5.75 Å². The third-order valence-electron chi connectivity index (χ3n) is 3.41. The molecule has 0 amide bonds. The SMILES string of the molecule is CCOc1ccccc1Nc1nccc(N2CCOCC2)n1. The van der Waals surface area contributed by atoms with Gasteiger partial charge in [-0.3, -0.25) is 0 Å². The lowest BCUT2D eigenvalue weighted by Crippen LogP contribution is -2.36. The van der Waals surface area contributed by atoms with Crippen LogP contribution in [-0.2, 0) is 4.74 Å². The minimum atomic E-state index is 0.566. The third kappa shape index (κ3) is 3.46. The van der Waals surface area contributed by atoms with Crippen LogP contribution in [0.15, 0.2) is 36.5 Å². The first-order valence-electron chi connectivity index (χ1n) is 7.51. The second-order valence-electron chi connectivity index (χ2n) is 4.89. The van der Waals surface area contributed by atoms with Crippen LogP contribution >= 0.6 is 0 Å². The van der Waals surface area contributed by atoms with Gasteiger partial charge in [-0.05, 0) is 25.1 Å². The van der Waals surface area contributed by atoms with Crippen LogP contribution in [0.1, 0.15) is 6.92 Å². The third-order valence-corrected chi connectivity index (χ3v) is 3.41. The maximum absolute atomic E-state index is 5.61. The van der Waals surface area contributed by atoms with Crippen molar-refractivity contribution < 1.29 is 9.47 Å². The number of hydrogen-bond donors (Lipinski definition) is 1.